The molecule has 0 atom stereocenters. The van der Waals surface area contributed by atoms with Gasteiger partial charge in [-0.2, -0.15) is 13.2 Å². The number of hydrogen-bond acceptors (Lipinski definition) is 7. The number of carboxylic acids is 1. The first-order valence-electron chi connectivity index (χ1n) is 12.0. The Morgan fingerprint density at radius 1 is 1.13 bits per heavy atom. The molecule has 204 valence electrons. The van der Waals surface area contributed by atoms with Crippen LogP contribution in [0.15, 0.2) is 67.5 Å². The van der Waals surface area contributed by atoms with Gasteiger partial charge in [-0.3, -0.25) is 9.59 Å². The summed E-state index contributed by atoms with van der Waals surface area (Å²) in [6.45, 7) is 4.08. The summed E-state index contributed by atoms with van der Waals surface area (Å²) in [6.07, 6.45) is -1.54. The molecule has 0 unspecified atom stereocenters. The predicted octanol–water partition coefficient (Wildman–Crippen LogP) is 4.83. The predicted molar refractivity (Wildman–Crippen MR) is 138 cm³/mol. The lowest BCUT2D eigenvalue weighted by atomic mass is 9.78. The molecule has 2 heterocycles. The van der Waals surface area contributed by atoms with Crippen LogP contribution in [0.4, 0.5) is 24.8 Å². The number of aliphatic carboxylic acids is 1. The van der Waals surface area contributed by atoms with Gasteiger partial charge in [0.2, 0.25) is 5.91 Å². The number of benzene rings is 2. The smallest absolute Gasteiger partial charge is 0.416 e. The van der Waals surface area contributed by atoms with Gasteiger partial charge in [-0.1, -0.05) is 24.8 Å². The number of rotatable bonds is 8. The van der Waals surface area contributed by atoms with Crippen LogP contribution < -0.4 is 15.8 Å². The first-order chi connectivity index (χ1) is 18.5. The van der Waals surface area contributed by atoms with E-state index >= 15 is 0 Å². The van der Waals surface area contributed by atoms with Gasteiger partial charge in [0, 0.05) is 19.6 Å². The Morgan fingerprint density at radius 3 is 2.44 bits per heavy atom. The first-order valence-corrected chi connectivity index (χ1v) is 12.0. The van der Waals surface area contributed by atoms with E-state index in [1.807, 2.05) is 0 Å². The minimum Gasteiger partial charge on any atom is -0.481 e. The van der Waals surface area contributed by atoms with E-state index in [-0.39, 0.29) is 50.0 Å². The Kier molecular flexibility index (Phi) is 7.75. The van der Waals surface area contributed by atoms with Crippen LogP contribution in [0.2, 0.25) is 0 Å². The monoisotopic (exact) mass is 541 g/mol. The normalized spacial score (nSPS) is 14.9. The summed E-state index contributed by atoms with van der Waals surface area (Å²) in [7, 11) is 0. The van der Waals surface area contributed by atoms with Crippen LogP contribution >= 0.6 is 0 Å². The van der Waals surface area contributed by atoms with Gasteiger partial charge < -0.3 is 25.8 Å². The zero-order chi connectivity index (χ0) is 28.2. The van der Waals surface area contributed by atoms with E-state index in [1.54, 1.807) is 29.2 Å². The topological polar surface area (TPSA) is 131 Å². The van der Waals surface area contributed by atoms with Gasteiger partial charge in [0.05, 0.1) is 16.5 Å². The highest BCUT2D eigenvalue weighted by molar-refractivity contribution is 5.87. The number of ether oxygens (including phenoxy) is 1. The van der Waals surface area contributed by atoms with Gasteiger partial charge in [-0.05, 0) is 54.8 Å². The van der Waals surface area contributed by atoms with Crippen molar-refractivity contribution < 1.29 is 32.6 Å². The zero-order valence-electron chi connectivity index (χ0n) is 20.7. The second-order valence-electron chi connectivity index (χ2n) is 9.10. The fourth-order valence-electron chi connectivity index (χ4n) is 4.38. The number of likely N-dealkylation sites (tertiary alicyclic amines) is 1. The maximum atomic E-state index is 13.0. The number of nitrogens with zero attached hydrogens (tertiary/aromatic N) is 3. The second kappa shape index (κ2) is 11.0. The number of nitrogens with one attached hydrogen (secondary N) is 1. The van der Waals surface area contributed by atoms with Gasteiger partial charge in [-0.25, -0.2) is 9.97 Å². The standard InChI is InChI=1S/C27H26F3N5O4/c1-2-21(36)35-12-10-26(11-13-35,25(37)38)15-32-24-22(23(31)33-16-34-24)17-6-8-19(9-7-17)39-20-5-3-4-18(14-20)27(28,29)30/h2-9,14,16H,1,10-13,15H2,(H,37,38)(H3,31,32,33,34). The molecule has 3 aromatic rings. The molecule has 0 bridgehead atoms. The number of hydrogen-bond donors (Lipinski definition) is 3. The second-order valence-corrected chi connectivity index (χ2v) is 9.10. The number of piperidine rings is 1. The Labute approximate surface area is 222 Å². The molecule has 1 aliphatic rings. The third-order valence-electron chi connectivity index (χ3n) is 6.67. The van der Waals surface area contributed by atoms with Crippen molar-refractivity contribution in [3.05, 3.63) is 73.1 Å². The molecule has 1 amide bonds. The number of halogens is 3. The number of nitrogen functional groups attached to an aromatic ring is 1. The number of amides is 1. The molecule has 4 rings (SSSR count). The summed E-state index contributed by atoms with van der Waals surface area (Å²) in [5.41, 5.74) is 5.21. The lowest BCUT2D eigenvalue weighted by Crippen LogP contribution is -2.49. The minimum atomic E-state index is -4.49. The molecule has 1 aliphatic heterocycles. The van der Waals surface area contributed by atoms with Crippen LogP contribution in [-0.4, -0.2) is 51.5 Å². The van der Waals surface area contributed by atoms with Crippen molar-refractivity contribution in [1.82, 2.24) is 14.9 Å². The van der Waals surface area contributed by atoms with Gasteiger partial charge in [0.25, 0.3) is 0 Å². The van der Waals surface area contributed by atoms with E-state index in [0.29, 0.717) is 22.7 Å². The van der Waals surface area contributed by atoms with E-state index in [4.69, 9.17) is 10.5 Å². The molecule has 0 spiro atoms. The van der Waals surface area contributed by atoms with Crippen LogP contribution in [0.25, 0.3) is 11.1 Å². The van der Waals surface area contributed by atoms with Gasteiger partial charge >= 0.3 is 12.1 Å². The number of aromatic nitrogens is 2. The number of carbonyl (C=O) groups is 2. The Morgan fingerprint density at radius 2 is 1.82 bits per heavy atom. The van der Waals surface area contributed by atoms with Crippen LogP contribution in [0, 0.1) is 5.41 Å². The van der Waals surface area contributed by atoms with Gasteiger partial charge in [-0.15, -0.1) is 0 Å². The maximum Gasteiger partial charge on any atom is 0.416 e. The van der Waals surface area contributed by atoms with Crippen LogP contribution in [0.1, 0.15) is 18.4 Å². The van der Waals surface area contributed by atoms with E-state index in [0.717, 1.165) is 12.1 Å². The van der Waals surface area contributed by atoms with E-state index in [9.17, 15) is 27.9 Å². The van der Waals surface area contributed by atoms with Crippen molar-refractivity contribution in [3.63, 3.8) is 0 Å². The molecular weight excluding hydrogens is 515 g/mol. The summed E-state index contributed by atoms with van der Waals surface area (Å²) in [5.74, 6) is -0.432. The van der Waals surface area contributed by atoms with Crippen LogP contribution in [-0.2, 0) is 15.8 Å². The fraction of sp³-hybridized carbons (Fsp3) is 0.259. The van der Waals surface area contributed by atoms with Crippen molar-refractivity contribution in [2.45, 2.75) is 19.0 Å². The highest BCUT2D eigenvalue weighted by Gasteiger charge is 2.42. The van der Waals surface area contributed by atoms with Crippen molar-refractivity contribution in [1.29, 1.82) is 0 Å². The van der Waals surface area contributed by atoms with Crippen molar-refractivity contribution >= 4 is 23.5 Å². The van der Waals surface area contributed by atoms with Crippen molar-refractivity contribution in [2.24, 2.45) is 5.41 Å². The average Bonchev–Trinajstić information content (AvgIpc) is 2.92. The Balaban J connectivity index is 1.51. The van der Waals surface area contributed by atoms with Crippen LogP contribution in [0.5, 0.6) is 11.5 Å². The van der Waals surface area contributed by atoms with Gasteiger partial charge in [0.1, 0.15) is 29.5 Å². The molecule has 2 aromatic carbocycles. The number of nitrogens with two attached hydrogens (primary N) is 1. The molecule has 1 saturated heterocycles. The number of carboxylic acid groups (broad SMARTS) is 1. The Bertz CT molecular complexity index is 1370. The molecule has 0 aliphatic carbocycles. The lowest BCUT2D eigenvalue weighted by molar-refractivity contribution is -0.152. The molecule has 9 nitrogen and oxygen atoms in total. The summed E-state index contributed by atoms with van der Waals surface area (Å²) < 4.78 is 44.6. The van der Waals surface area contributed by atoms with E-state index in [2.05, 4.69) is 21.9 Å². The SMILES string of the molecule is C=CC(=O)N1CCC(CNc2ncnc(N)c2-c2ccc(Oc3cccc(C(F)(F)F)c3)cc2)(C(=O)O)CC1. The molecule has 1 aromatic heterocycles. The number of alkyl halides is 3. The fourth-order valence-corrected chi connectivity index (χ4v) is 4.38. The van der Waals surface area contributed by atoms with Crippen molar-refractivity contribution in [2.75, 3.05) is 30.7 Å². The van der Waals surface area contributed by atoms with Crippen molar-refractivity contribution in [3.8, 4) is 22.6 Å². The molecule has 12 heteroatoms. The highest BCUT2D eigenvalue weighted by atomic mass is 19.4. The maximum absolute atomic E-state index is 13.0. The zero-order valence-corrected chi connectivity index (χ0v) is 20.7. The van der Waals surface area contributed by atoms with E-state index in [1.165, 1.54) is 24.5 Å². The number of anilines is 2. The summed E-state index contributed by atoms with van der Waals surface area (Å²) in [5, 5.41) is 13.1. The molecule has 0 saturated carbocycles. The van der Waals surface area contributed by atoms with Crippen LogP contribution in [0.3, 0.4) is 0 Å². The highest BCUT2D eigenvalue weighted by Crippen LogP contribution is 2.37. The average molecular weight is 542 g/mol. The van der Waals surface area contributed by atoms with E-state index < -0.39 is 23.1 Å². The number of carbonyl (C=O) groups excluding carboxylic acids is 1. The summed E-state index contributed by atoms with van der Waals surface area (Å²) in [4.78, 5) is 34.0. The first kappa shape index (κ1) is 27.4. The molecule has 1 fully saturated rings. The largest absolute Gasteiger partial charge is 0.481 e. The summed E-state index contributed by atoms with van der Waals surface area (Å²) >= 11 is 0. The lowest BCUT2D eigenvalue weighted by Gasteiger charge is -2.38. The summed E-state index contributed by atoms with van der Waals surface area (Å²) in [6, 6.07) is 11.0. The Hall–Kier alpha value is -4.61. The molecule has 0 radical (unpaired) electrons. The molecule has 39 heavy (non-hydrogen) atoms. The third-order valence-corrected chi connectivity index (χ3v) is 6.67. The third kappa shape index (κ3) is 6.11. The van der Waals surface area contributed by atoms with Gasteiger partial charge in [0.15, 0.2) is 0 Å². The minimum absolute atomic E-state index is 0.0299. The molecule has 4 N–H and O–H groups in total. The quantitative estimate of drug-likeness (QED) is 0.346. The molecular formula is C27H26F3N5O4.